The van der Waals surface area contributed by atoms with Crippen LogP contribution in [0.3, 0.4) is 0 Å². The van der Waals surface area contributed by atoms with Crippen LogP contribution in [0.4, 0.5) is 0 Å². The number of methoxy groups -OCH3 is 1. The first-order valence-electron chi connectivity index (χ1n) is 6.03. The molecule has 0 bridgehead atoms. The van der Waals surface area contributed by atoms with Gasteiger partial charge in [-0.1, -0.05) is 12.1 Å². The topological polar surface area (TPSA) is 47.0 Å². The number of benzene rings is 1. The lowest BCUT2D eigenvalue weighted by Crippen LogP contribution is -2.18. The Balaban J connectivity index is 2.03. The van der Waals surface area contributed by atoms with Crippen LogP contribution in [0.15, 0.2) is 47.9 Å². The number of thioether (sulfide) groups is 1. The largest absolute Gasteiger partial charge is 0.497 e. The van der Waals surface area contributed by atoms with Gasteiger partial charge in [-0.3, -0.25) is 4.98 Å². The zero-order valence-electron chi connectivity index (χ0n) is 11.0. The summed E-state index contributed by atoms with van der Waals surface area (Å²) >= 11 is 1.68. The van der Waals surface area contributed by atoms with Crippen molar-refractivity contribution >= 4 is 11.8 Å². The highest BCUT2D eigenvalue weighted by molar-refractivity contribution is 7.99. The molecule has 0 aliphatic heterocycles. The summed E-state index contributed by atoms with van der Waals surface area (Å²) in [5, 5.41) is 4.25. The highest BCUT2D eigenvalue weighted by Gasteiger charge is 2.11. The summed E-state index contributed by atoms with van der Waals surface area (Å²) in [4.78, 5) is 8.33. The predicted molar refractivity (Wildman–Crippen MR) is 77.6 cm³/mol. The second-order valence-electron chi connectivity index (χ2n) is 3.97. The average molecular weight is 275 g/mol. The van der Waals surface area contributed by atoms with Crippen molar-refractivity contribution in [3.05, 3.63) is 48.4 Å². The molecule has 19 heavy (non-hydrogen) atoms. The quantitative estimate of drug-likeness (QED) is 0.821. The zero-order valence-corrected chi connectivity index (χ0v) is 11.9. The molecule has 1 N–H and O–H groups in total. The van der Waals surface area contributed by atoms with Gasteiger partial charge in [0.25, 0.3) is 0 Å². The van der Waals surface area contributed by atoms with Crippen LogP contribution in [0.25, 0.3) is 0 Å². The number of nitrogens with zero attached hydrogens (tertiary/aromatic N) is 2. The second kappa shape index (κ2) is 7.11. The molecule has 0 saturated heterocycles. The van der Waals surface area contributed by atoms with Gasteiger partial charge in [-0.05, 0) is 24.7 Å². The van der Waals surface area contributed by atoms with E-state index in [4.69, 9.17) is 4.74 Å². The monoisotopic (exact) mass is 275 g/mol. The van der Waals surface area contributed by atoms with Crippen LogP contribution < -0.4 is 10.1 Å². The molecule has 4 nitrogen and oxygen atoms in total. The molecule has 0 aliphatic rings. The van der Waals surface area contributed by atoms with E-state index in [1.807, 2.05) is 19.2 Å². The smallest absolute Gasteiger partial charge is 0.119 e. The Labute approximate surface area is 117 Å². The van der Waals surface area contributed by atoms with Gasteiger partial charge in [-0.15, -0.1) is 11.8 Å². The normalized spacial score (nSPS) is 12.1. The molecule has 0 spiro atoms. The first-order valence-corrected chi connectivity index (χ1v) is 7.02. The number of rotatable bonds is 6. The van der Waals surface area contributed by atoms with Gasteiger partial charge in [-0.2, -0.15) is 0 Å². The van der Waals surface area contributed by atoms with Gasteiger partial charge < -0.3 is 10.1 Å². The van der Waals surface area contributed by atoms with Crippen LogP contribution in [0, 0.1) is 0 Å². The van der Waals surface area contributed by atoms with E-state index in [-0.39, 0.29) is 6.04 Å². The molecule has 1 atom stereocenters. The van der Waals surface area contributed by atoms with E-state index in [2.05, 4.69) is 27.4 Å². The number of ether oxygens (including phenoxy) is 1. The Bertz CT molecular complexity index is 507. The van der Waals surface area contributed by atoms with Crippen LogP contribution in [-0.4, -0.2) is 29.9 Å². The fraction of sp³-hybridized carbons (Fsp3) is 0.286. The molecule has 0 saturated carbocycles. The molecule has 0 radical (unpaired) electrons. The molecule has 0 fully saturated rings. The maximum Gasteiger partial charge on any atom is 0.119 e. The summed E-state index contributed by atoms with van der Waals surface area (Å²) in [6.07, 6.45) is 5.17. The maximum atomic E-state index is 5.26. The minimum Gasteiger partial charge on any atom is -0.497 e. The summed E-state index contributed by atoms with van der Waals surface area (Å²) in [6, 6.07) is 8.36. The molecule has 1 heterocycles. The molecule has 0 amide bonds. The molecular formula is C14H17N3OS. The molecule has 1 unspecified atom stereocenters. The first kappa shape index (κ1) is 13.8. The fourth-order valence-electron chi connectivity index (χ4n) is 1.73. The zero-order chi connectivity index (χ0) is 13.5. The van der Waals surface area contributed by atoms with E-state index >= 15 is 0 Å². The standard InChI is InChI=1S/C14H17N3OS/c1-15-13(10-19-14-9-16-6-7-17-14)11-4-3-5-12(8-11)18-2/h3-9,13,15H,10H2,1-2H3. The number of aromatic nitrogens is 2. The van der Waals surface area contributed by atoms with Gasteiger partial charge in [0.1, 0.15) is 10.8 Å². The third kappa shape index (κ3) is 3.94. The van der Waals surface area contributed by atoms with Crippen molar-refractivity contribution in [3.8, 4) is 5.75 Å². The van der Waals surface area contributed by atoms with Crippen LogP contribution in [0.2, 0.25) is 0 Å². The summed E-state index contributed by atoms with van der Waals surface area (Å²) in [7, 11) is 3.64. The minimum atomic E-state index is 0.252. The highest BCUT2D eigenvalue weighted by Crippen LogP contribution is 2.24. The number of hydrogen-bond acceptors (Lipinski definition) is 5. The summed E-state index contributed by atoms with van der Waals surface area (Å²) < 4.78 is 5.26. The summed E-state index contributed by atoms with van der Waals surface area (Å²) in [5.41, 5.74) is 1.21. The van der Waals surface area contributed by atoms with Crippen LogP contribution in [-0.2, 0) is 0 Å². The first-order chi connectivity index (χ1) is 9.33. The van der Waals surface area contributed by atoms with Crippen LogP contribution >= 0.6 is 11.8 Å². The summed E-state index contributed by atoms with van der Waals surface area (Å²) in [6.45, 7) is 0. The lowest BCUT2D eigenvalue weighted by molar-refractivity contribution is 0.413. The minimum absolute atomic E-state index is 0.252. The lowest BCUT2D eigenvalue weighted by Gasteiger charge is -2.16. The average Bonchev–Trinajstić information content (AvgIpc) is 2.49. The number of nitrogens with one attached hydrogen (secondary N) is 1. The van der Waals surface area contributed by atoms with Gasteiger partial charge in [0, 0.05) is 24.2 Å². The van der Waals surface area contributed by atoms with Crippen LogP contribution in [0.5, 0.6) is 5.75 Å². The Morgan fingerprint density at radius 2 is 2.26 bits per heavy atom. The van der Waals surface area contributed by atoms with Crippen LogP contribution in [0.1, 0.15) is 11.6 Å². The molecule has 2 rings (SSSR count). The van der Waals surface area contributed by atoms with E-state index in [1.54, 1.807) is 37.5 Å². The molecular weight excluding hydrogens is 258 g/mol. The third-order valence-corrected chi connectivity index (χ3v) is 3.79. The Morgan fingerprint density at radius 1 is 1.37 bits per heavy atom. The van der Waals surface area contributed by atoms with Crippen molar-refractivity contribution in [3.63, 3.8) is 0 Å². The maximum absolute atomic E-state index is 5.26. The molecule has 2 aromatic rings. The van der Waals surface area contributed by atoms with E-state index < -0.39 is 0 Å². The molecule has 1 aromatic carbocycles. The van der Waals surface area contributed by atoms with E-state index in [0.717, 1.165) is 16.5 Å². The highest BCUT2D eigenvalue weighted by atomic mass is 32.2. The van der Waals surface area contributed by atoms with E-state index in [1.165, 1.54) is 5.56 Å². The van der Waals surface area contributed by atoms with Gasteiger partial charge in [0.05, 0.1) is 13.3 Å². The Kier molecular flexibility index (Phi) is 5.18. The van der Waals surface area contributed by atoms with Gasteiger partial charge >= 0.3 is 0 Å². The molecule has 100 valence electrons. The van der Waals surface area contributed by atoms with Crippen molar-refractivity contribution in [2.45, 2.75) is 11.1 Å². The van der Waals surface area contributed by atoms with Crippen molar-refractivity contribution in [1.82, 2.24) is 15.3 Å². The summed E-state index contributed by atoms with van der Waals surface area (Å²) in [5.74, 6) is 1.77. The van der Waals surface area contributed by atoms with Gasteiger partial charge in [0.2, 0.25) is 0 Å². The fourth-order valence-corrected chi connectivity index (χ4v) is 2.70. The van der Waals surface area contributed by atoms with E-state index in [0.29, 0.717) is 0 Å². The van der Waals surface area contributed by atoms with Crippen molar-refractivity contribution in [2.24, 2.45) is 0 Å². The van der Waals surface area contributed by atoms with Crippen molar-refractivity contribution in [1.29, 1.82) is 0 Å². The molecule has 1 aromatic heterocycles. The Hall–Kier alpha value is -1.59. The SMILES string of the molecule is CNC(CSc1cnccn1)c1cccc(OC)c1. The third-order valence-electron chi connectivity index (χ3n) is 2.78. The molecule has 5 heteroatoms. The second-order valence-corrected chi connectivity index (χ2v) is 5.01. The van der Waals surface area contributed by atoms with Gasteiger partial charge in [0.15, 0.2) is 0 Å². The predicted octanol–water partition coefficient (Wildman–Crippen LogP) is 2.54. The van der Waals surface area contributed by atoms with E-state index in [9.17, 15) is 0 Å². The number of hydrogen-bond donors (Lipinski definition) is 1. The van der Waals surface area contributed by atoms with Gasteiger partial charge in [-0.25, -0.2) is 4.98 Å². The Morgan fingerprint density at radius 3 is 2.95 bits per heavy atom. The molecule has 0 aliphatic carbocycles. The van der Waals surface area contributed by atoms with Crippen molar-refractivity contribution in [2.75, 3.05) is 19.9 Å². The lowest BCUT2D eigenvalue weighted by atomic mass is 10.1. The van der Waals surface area contributed by atoms with Crippen molar-refractivity contribution < 1.29 is 4.74 Å².